The molecule has 2 aromatic rings. The zero-order valence-corrected chi connectivity index (χ0v) is 17.5. The number of carbonyl (C=O) groups is 4. The van der Waals surface area contributed by atoms with Crippen molar-refractivity contribution in [3.05, 3.63) is 58.6 Å². The highest BCUT2D eigenvalue weighted by Crippen LogP contribution is 2.22. The fourth-order valence-electron chi connectivity index (χ4n) is 2.55. The molecule has 0 heterocycles. The third-order valence-corrected chi connectivity index (χ3v) is 4.68. The van der Waals surface area contributed by atoms with Gasteiger partial charge in [-0.05, 0) is 62.2 Å². The van der Waals surface area contributed by atoms with E-state index in [2.05, 4.69) is 10.6 Å². The molecule has 0 unspecified atom stereocenters. The van der Waals surface area contributed by atoms with Gasteiger partial charge in [-0.3, -0.25) is 19.2 Å². The van der Waals surface area contributed by atoms with Gasteiger partial charge < -0.3 is 15.4 Å². The van der Waals surface area contributed by atoms with Crippen LogP contribution in [0.4, 0.5) is 11.4 Å². The van der Waals surface area contributed by atoms with Gasteiger partial charge in [0.1, 0.15) is 0 Å². The van der Waals surface area contributed by atoms with Crippen LogP contribution >= 0.6 is 11.6 Å². The normalized spacial score (nSPS) is 10.2. The number of nitrogens with one attached hydrogen (secondary N) is 2. The molecular weight excluding hydrogens is 408 g/mol. The average Bonchev–Trinajstić information content (AvgIpc) is 2.70. The molecule has 158 valence electrons. The van der Waals surface area contributed by atoms with Crippen molar-refractivity contribution in [3.63, 3.8) is 0 Å². The summed E-state index contributed by atoms with van der Waals surface area (Å²) in [4.78, 5) is 46.9. The molecule has 7 nitrogen and oxygen atoms in total. The first-order chi connectivity index (χ1) is 14.3. The van der Waals surface area contributed by atoms with Gasteiger partial charge in [-0.2, -0.15) is 0 Å². The minimum Gasteiger partial charge on any atom is -0.456 e. The summed E-state index contributed by atoms with van der Waals surface area (Å²) in [7, 11) is 0. The van der Waals surface area contributed by atoms with Crippen LogP contribution in [-0.4, -0.2) is 30.2 Å². The number of halogens is 1. The number of esters is 1. The van der Waals surface area contributed by atoms with Crippen molar-refractivity contribution in [2.45, 2.75) is 33.1 Å². The van der Waals surface area contributed by atoms with Gasteiger partial charge in [0.15, 0.2) is 12.4 Å². The number of rotatable bonds is 9. The van der Waals surface area contributed by atoms with Crippen molar-refractivity contribution < 1.29 is 23.9 Å². The fourth-order valence-corrected chi connectivity index (χ4v) is 2.73. The number of hydrogen-bond acceptors (Lipinski definition) is 5. The topological polar surface area (TPSA) is 102 Å². The molecule has 0 spiro atoms. The average molecular weight is 431 g/mol. The van der Waals surface area contributed by atoms with E-state index in [1.807, 2.05) is 0 Å². The Morgan fingerprint density at radius 1 is 0.933 bits per heavy atom. The van der Waals surface area contributed by atoms with Crippen LogP contribution in [0.15, 0.2) is 42.5 Å². The van der Waals surface area contributed by atoms with Crippen LogP contribution in [-0.2, 0) is 19.1 Å². The van der Waals surface area contributed by atoms with E-state index in [9.17, 15) is 19.2 Å². The number of anilines is 2. The van der Waals surface area contributed by atoms with Crippen LogP contribution in [0.2, 0.25) is 5.02 Å². The number of hydrogen-bond donors (Lipinski definition) is 2. The van der Waals surface area contributed by atoms with Gasteiger partial charge in [0.2, 0.25) is 5.91 Å². The third-order valence-electron chi connectivity index (χ3n) is 4.27. The lowest BCUT2D eigenvalue weighted by Crippen LogP contribution is -2.21. The first kappa shape index (κ1) is 23.1. The van der Waals surface area contributed by atoms with E-state index in [0.717, 1.165) is 5.56 Å². The summed E-state index contributed by atoms with van der Waals surface area (Å²) in [5.41, 5.74) is 2.41. The lowest BCUT2D eigenvalue weighted by molar-refractivity contribution is -0.147. The number of Topliss-reactive ketones (excluding diaryl/α,β-unsaturated/α-hetero) is 1. The van der Waals surface area contributed by atoms with E-state index in [1.165, 1.54) is 6.92 Å². The minimum absolute atomic E-state index is 0.0141. The second-order valence-electron chi connectivity index (χ2n) is 6.66. The van der Waals surface area contributed by atoms with Crippen LogP contribution in [0.1, 0.15) is 42.1 Å². The van der Waals surface area contributed by atoms with Crippen molar-refractivity contribution in [3.8, 4) is 0 Å². The molecule has 0 fully saturated rings. The summed E-state index contributed by atoms with van der Waals surface area (Å²) >= 11 is 6.00. The second-order valence-corrected chi connectivity index (χ2v) is 7.06. The fraction of sp³-hybridized carbons (Fsp3) is 0.273. The van der Waals surface area contributed by atoms with E-state index >= 15 is 0 Å². The molecule has 30 heavy (non-hydrogen) atoms. The summed E-state index contributed by atoms with van der Waals surface area (Å²) in [5, 5.41) is 5.85. The first-order valence-electron chi connectivity index (χ1n) is 9.37. The SMILES string of the molecule is CC(=O)c1ccc(NC(=O)CCCC(=O)OCC(=O)Nc2cccc(Cl)c2C)cc1. The highest BCUT2D eigenvalue weighted by atomic mass is 35.5. The zero-order chi connectivity index (χ0) is 22.1. The molecule has 0 saturated heterocycles. The van der Waals surface area contributed by atoms with Crippen LogP contribution in [0.25, 0.3) is 0 Å². The standard InChI is InChI=1S/C22H23ClN2O5/c1-14-18(23)5-3-6-19(14)25-21(28)13-30-22(29)8-4-7-20(27)24-17-11-9-16(10-12-17)15(2)26/h3,5-6,9-12H,4,7-8,13H2,1-2H3,(H,24,27)(H,25,28). The molecule has 2 rings (SSSR count). The lowest BCUT2D eigenvalue weighted by atomic mass is 10.1. The summed E-state index contributed by atoms with van der Waals surface area (Å²) in [5.74, 6) is -1.35. The first-order valence-corrected chi connectivity index (χ1v) is 9.75. The smallest absolute Gasteiger partial charge is 0.306 e. The zero-order valence-electron chi connectivity index (χ0n) is 16.8. The highest BCUT2D eigenvalue weighted by molar-refractivity contribution is 6.31. The van der Waals surface area contributed by atoms with Gasteiger partial charge in [-0.15, -0.1) is 0 Å². The van der Waals surface area contributed by atoms with E-state index in [-0.39, 0.29) is 31.0 Å². The summed E-state index contributed by atoms with van der Waals surface area (Å²) in [6, 6.07) is 11.7. The van der Waals surface area contributed by atoms with E-state index in [1.54, 1.807) is 49.4 Å². The van der Waals surface area contributed by atoms with Crippen LogP contribution in [0.5, 0.6) is 0 Å². The maximum absolute atomic E-state index is 11.9. The highest BCUT2D eigenvalue weighted by Gasteiger charge is 2.11. The van der Waals surface area contributed by atoms with E-state index in [4.69, 9.17) is 16.3 Å². The molecular formula is C22H23ClN2O5. The molecule has 0 aliphatic heterocycles. The Labute approximate surface area is 179 Å². The predicted molar refractivity (Wildman–Crippen MR) is 115 cm³/mol. The van der Waals surface area contributed by atoms with Gasteiger partial charge in [-0.1, -0.05) is 17.7 Å². The molecule has 0 atom stereocenters. The largest absolute Gasteiger partial charge is 0.456 e. The van der Waals surface area contributed by atoms with Crippen molar-refractivity contribution >= 4 is 46.5 Å². The molecule has 8 heteroatoms. The number of carbonyl (C=O) groups excluding carboxylic acids is 4. The molecule has 0 saturated carbocycles. The Bertz CT molecular complexity index is 941. The van der Waals surface area contributed by atoms with Crippen molar-refractivity contribution in [1.82, 2.24) is 0 Å². The number of ketones is 1. The molecule has 0 radical (unpaired) electrons. The Morgan fingerprint density at radius 3 is 2.30 bits per heavy atom. The lowest BCUT2D eigenvalue weighted by Gasteiger charge is -2.10. The number of benzene rings is 2. The van der Waals surface area contributed by atoms with Gasteiger partial charge >= 0.3 is 5.97 Å². The van der Waals surface area contributed by atoms with Crippen LogP contribution in [0, 0.1) is 6.92 Å². The molecule has 2 aromatic carbocycles. The Morgan fingerprint density at radius 2 is 1.63 bits per heavy atom. The minimum atomic E-state index is -0.563. The van der Waals surface area contributed by atoms with Crippen molar-refractivity contribution in [2.24, 2.45) is 0 Å². The molecule has 0 aromatic heterocycles. The molecule has 2 N–H and O–H groups in total. The third kappa shape index (κ3) is 7.33. The maximum atomic E-state index is 11.9. The maximum Gasteiger partial charge on any atom is 0.306 e. The Kier molecular flexibility index (Phi) is 8.55. The van der Waals surface area contributed by atoms with E-state index in [0.29, 0.717) is 22.0 Å². The van der Waals surface area contributed by atoms with Gasteiger partial charge in [0.25, 0.3) is 5.91 Å². The summed E-state index contributed by atoms with van der Waals surface area (Å²) < 4.78 is 4.93. The van der Waals surface area contributed by atoms with Gasteiger partial charge in [-0.25, -0.2) is 0 Å². The van der Waals surface area contributed by atoms with E-state index < -0.39 is 18.5 Å². The molecule has 2 amide bonds. The number of ether oxygens (including phenoxy) is 1. The Balaban J connectivity index is 1.66. The summed E-state index contributed by atoms with van der Waals surface area (Å²) in [6.45, 7) is 2.82. The molecule has 0 bridgehead atoms. The second kappa shape index (κ2) is 11.1. The van der Waals surface area contributed by atoms with Gasteiger partial charge in [0, 0.05) is 34.8 Å². The van der Waals surface area contributed by atoms with Crippen molar-refractivity contribution in [2.75, 3.05) is 17.2 Å². The number of amides is 2. The Hall–Kier alpha value is -3.19. The van der Waals surface area contributed by atoms with Crippen LogP contribution in [0.3, 0.4) is 0 Å². The molecule has 0 aliphatic carbocycles. The molecule has 0 aliphatic rings. The van der Waals surface area contributed by atoms with Gasteiger partial charge in [0.05, 0.1) is 0 Å². The van der Waals surface area contributed by atoms with Crippen LogP contribution < -0.4 is 10.6 Å². The predicted octanol–water partition coefficient (Wildman–Crippen LogP) is 4.14. The monoisotopic (exact) mass is 430 g/mol. The summed E-state index contributed by atoms with van der Waals surface area (Å²) in [6.07, 6.45) is 0.419. The van der Waals surface area contributed by atoms with Crippen molar-refractivity contribution in [1.29, 1.82) is 0 Å². The quantitative estimate of drug-likeness (QED) is 0.459.